The van der Waals surface area contributed by atoms with Crippen LogP contribution in [-0.2, 0) is 4.79 Å². The molecule has 0 fully saturated rings. The predicted octanol–water partition coefficient (Wildman–Crippen LogP) is 2.12. The Labute approximate surface area is 110 Å². The van der Waals surface area contributed by atoms with E-state index in [1.54, 1.807) is 18.2 Å². The Morgan fingerprint density at radius 2 is 1.68 bits per heavy atom. The molecule has 1 aliphatic heterocycles. The van der Waals surface area contributed by atoms with Gasteiger partial charge < -0.3 is 15.2 Å². The molecule has 0 aliphatic carbocycles. The van der Waals surface area contributed by atoms with Gasteiger partial charge >= 0.3 is 0 Å². The third kappa shape index (κ3) is 2.18. The molecule has 3 rings (SSSR count). The number of rotatable bonds is 1. The van der Waals surface area contributed by atoms with Crippen LogP contribution in [0.15, 0.2) is 54.6 Å². The van der Waals surface area contributed by atoms with E-state index in [-0.39, 0.29) is 0 Å². The number of fused-ring (bicyclic) bond motifs is 1. The first-order valence-electron chi connectivity index (χ1n) is 6.05. The van der Waals surface area contributed by atoms with Crippen molar-refractivity contribution in [3.05, 3.63) is 60.2 Å². The summed E-state index contributed by atoms with van der Waals surface area (Å²) in [6, 6.07) is 16.4. The molecule has 2 aromatic rings. The van der Waals surface area contributed by atoms with Crippen LogP contribution >= 0.6 is 0 Å². The molecule has 0 saturated carbocycles. The largest absolute Gasteiger partial charge is 0.480 e. The van der Waals surface area contributed by atoms with Crippen molar-refractivity contribution in [3.63, 3.8) is 0 Å². The minimum atomic E-state index is -1.24. The lowest BCUT2D eigenvalue weighted by atomic mass is 10.0. The summed E-state index contributed by atoms with van der Waals surface area (Å²) in [5.41, 5.74) is 1.34. The molecule has 2 atom stereocenters. The highest BCUT2D eigenvalue weighted by Gasteiger charge is 2.33. The number of carbonyl (C=O) groups excluding carboxylic acids is 1. The molecule has 2 unspecified atom stereocenters. The van der Waals surface area contributed by atoms with Gasteiger partial charge in [0.1, 0.15) is 5.75 Å². The highest BCUT2D eigenvalue weighted by atomic mass is 16.5. The maximum Gasteiger partial charge on any atom is 0.257 e. The number of hydrogen-bond acceptors (Lipinski definition) is 3. The highest BCUT2D eigenvalue weighted by molar-refractivity contribution is 5.96. The average molecular weight is 255 g/mol. The Hall–Kier alpha value is -2.33. The fourth-order valence-corrected chi connectivity index (χ4v) is 2.11. The minimum absolute atomic E-state index is 0.459. The van der Waals surface area contributed by atoms with E-state index in [0.717, 1.165) is 5.56 Å². The zero-order chi connectivity index (χ0) is 13.2. The van der Waals surface area contributed by atoms with E-state index in [9.17, 15) is 9.90 Å². The minimum Gasteiger partial charge on any atom is -0.480 e. The molecule has 2 aromatic carbocycles. The first-order valence-corrected chi connectivity index (χ1v) is 6.05. The molecule has 2 N–H and O–H groups in total. The maximum atomic E-state index is 11.9. The number of anilines is 1. The number of benzene rings is 2. The topological polar surface area (TPSA) is 58.6 Å². The van der Waals surface area contributed by atoms with Gasteiger partial charge in [0.2, 0.25) is 0 Å². The second-order valence-electron chi connectivity index (χ2n) is 4.38. The van der Waals surface area contributed by atoms with Crippen LogP contribution in [0.2, 0.25) is 0 Å². The normalized spacial score (nSPS) is 21.8. The lowest BCUT2D eigenvalue weighted by Gasteiger charge is -2.20. The fourth-order valence-electron chi connectivity index (χ4n) is 2.11. The van der Waals surface area contributed by atoms with Crippen LogP contribution in [0.5, 0.6) is 5.75 Å². The van der Waals surface area contributed by atoms with Gasteiger partial charge in [-0.15, -0.1) is 0 Å². The number of amides is 1. The van der Waals surface area contributed by atoms with Crippen molar-refractivity contribution in [2.45, 2.75) is 12.2 Å². The molecule has 0 aromatic heterocycles. The van der Waals surface area contributed by atoms with Crippen molar-refractivity contribution in [1.29, 1.82) is 0 Å². The smallest absolute Gasteiger partial charge is 0.257 e. The number of nitrogens with one attached hydrogen (secondary N) is 1. The SMILES string of the molecule is O=C1Nc2ccccc2OC(c2ccccc2)C1O. The summed E-state index contributed by atoms with van der Waals surface area (Å²) < 4.78 is 5.79. The Kier molecular flexibility index (Phi) is 2.93. The van der Waals surface area contributed by atoms with Crippen LogP contribution in [0.1, 0.15) is 11.7 Å². The van der Waals surface area contributed by atoms with Gasteiger partial charge in [-0.25, -0.2) is 0 Å². The molecule has 0 spiro atoms. The summed E-state index contributed by atoms with van der Waals surface area (Å²) in [6.07, 6.45) is -1.94. The van der Waals surface area contributed by atoms with Gasteiger partial charge in [0.25, 0.3) is 5.91 Å². The summed E-state index contributed by atoms with van der Waals surface area (Å²) in [4.78, 5) is 11.9. The van der Waals surface area contributed by atoms with Crippen LogP contribution < -0.4 is 10.1 Å². The van der Waals surface area contributed by atoms with Crippen LogP contribution in [0.3, 0.4) is 0 Å². The van der Waals surface area contributed by atoms with Gasteiger partial charge in [-0.3, -0.25) is 4.79 Å². The monoisotopic (exact) mass is 255 g/mol. The number of hydrogen-bond donors (Lipinski definition) is 2. The van der Waals surface area contributed by atoms with E-state index in [0.29, 0.717) is 11.4 Å². The van der Waals surface area contributed by atoms with Gasteiger partial charge in [-0.1, -0.05) is 42.5 Å². The van der Waals surface area contributed by atoms with E-state index in [2.05, 4.69) is 5.32 Å². The summed E-state index contributed by atoms with van der Waals surface area (Å²) in [5.74, 6) is 0.0973. The standard InChI is InChI=1S/C15H13NO3/c17-13-14(10-6-2-1-3-7-10)19-12-9-5-4-8-11(12)16-15(13)18/h1-9,13-14,17H,(H,16,18). The quantitative estimate of drug-likeness (QED) is 0.820. The Balaban J connectivity index is 2.03. The highest BCUT2D eigenvalue weighted by Crippen LogP contribution is 2.34. The molecule has 0 saturated heterocycles. The molecule has 1 heterocycles. The van der Waals surface area contributed by atoms with Crippen molar-refractivity contribution >= 4 is 11.6 Å². The zero-order valence-electron chi connectivity index (χ0n) is 10.1. The second kappa shape index (κ2) is 4.74. The molecule has 4 heteroatoms. The summed E-state index contributed by atoms with van der Waals surface area (Å²) in [5, 5.41) is 12.8. The van der Waals surface area contributed by atoms with E-state index in [1.807, 2.05) is 36.4 Å². The van der Waals surface area contributed by atoms with Crippen molar-refractivity contribution in [1.82, 2.24) is 0 Å². The van der Waals surface area contributed by atoms with Crippen LogP contribution in [0.25, 0.3) is 0 Å². The third-order valence-corrected chi connectivity index (χ3v) is 3.08. The van der Waals surface area contributed by atoms with Crippen molar-refractivity contribution in [2.24, 2.45) is 0 Å². The average Bonchev–Trinajstić information content (AvgIpc) is 2.58. The maximum absolute atomic E-state index is 11.9. The molecule has 0 bridgehead atoms. The van der Waals surface area contributed by atoms with Crippen LogP contribution in [-0.4, -0.2) is 17.1 Å². The Bertz CT molecular complexity index is 597. The second-order valence-corrected chi connectivity index (χ2v) is 4.38. The van der Waals surface area contributed by atoms with Gasteiger partial charge in [-0.2, -0.15) is 0 Å². The van der Waals surface area contributed by atoms with E-state index < -0.39 is 18.1 Å². The summed E-state index contributed by atoms with van der Waals surface area (Å²) in [6.45, 7) is 0. The molecule has 1 amide bonds. The van der Waals surface area contributed by atoms with Crippen molar-refractivity contribution < 1.29 is 14.6 Å². The van der Waals surface area contributed by atoms with Crippen LogP contribution in [0.4, 0.5) is 5.69 Å². The molecular formula is C15H13NO3. The van der Waals surface area contributed by atoms with Gasteiger partial charge in [0.05, 0.1) is 5.69 Å². The molecule has 4 nitrogen and oxygen atoms in total. The summed E-state index contributed by atoms with van der Waals surface area (Å²) in [7, 11) is 0. The van der Waals surface area contributed by atoms with Gasteiger partial charge in [0.15, 0.2) is 12.2 Å². The van der Waals surface area contributed by atoms with Crippen molar-refractivity contribution in [3.8, 4) is 5.75 Å². The Morgan fingerprint density at radius 1 is 1.00 bits per heavy atom. The number of aliphatic hydroxyl groups is 1. The van der Waals surface area contributed by atoms with E-state index >= 15 is 0 Å². The van der Waals surface area contributed by atoms with Crippen LogP contribution in [0, 0.1) is 0 Å². The van der Waals surface area contributed by atoms with E-state index in [4.69, 9.17) is 4.74 Å². The number of carbonyl (C=O) groups is 1. The van der Waals surface area contributed by atoms with Gasteiger partial charge in [-0.05, 0) is 17.7 Å². The van der Waals surface area contributed by atoms with E-state index in [1.165, 1.54) is 0 Å². The van der Waals surface area contributed by atoms with Gasteiger partial charge in [0, 0.05) is 0 Å². The molecular weight excluding hydrogens is 242 g/mol. The Morgan fingerprint density at radius 3 is 2.47 bits per heavy atom. The zero-order valence-corrected chi connectivity index (χ0v) is 10.1. The first kappa shape index (κ1) is 11.7. The number of para-hydroxylation sites is 2. The first-order chi connectivity index (χ1) is 9.25. The predicted molar refractivity (Wildman–Crippen MR) is 70.9 cm³/mol. The number of aliphatic hydroxyl groups excluding tert-OH is 1. The number of ether oxygens (including phenoxy) is 1. The molecule has 1 aliphatic rings. The molecule has 19 heavy (non-hydrogen) atoms. The molecule has 96 valence electrons. The molecule has 0 radical (unpaired) electrons. The fraction of sp³-hybridized carbons (Fsp3) is 0.133. The summed E-state index contributed by atoms with van der Waals surface area (Å²) >= 11 is 0. The lowest BCUT2D eigenvalue weighted by molar-refractivity contribution is -0.128. The van der Waals surface area contributed by atoms with Crippen molar-refractivity contribution in [2.75, 3.05) is 5.32 Å². The third-order valence-electron chi connectivity index (χ3n) is 3.08. The lowest BCUT2D eigenvalue weighted by Crippen LogP contribution is -2.33.